The summed E-state index contributed by atoms with van der Waals surface area (Å²) in [5.74, 6) is 1.65. The minimum absolute atomic E-state index is 0.206. The Morgan fingerprint density at radius 3 is 2.52 bits per heavy atom. The van der Waals surface area contributed by atoms with E-state index >= 15 is 0 Å². The van der Waals surface area contributed by atoms with Gasteiger partial charge in [0.05, 0.1) is 12.1 Å². The van der Waals surface area contributed by atoms with Crippen LogP contribution in [0.4, 0.5) is 5.69 Å². The van der Waals surface area contributed by atoms with E-state index in [9.17, 15) is 0 Å². The third-order valence-corrected chi connectivity index (χ3v) is 5.34. The van der Waals surface area contributed by atoms with Gasteiger partial charge in [-0.25, -0.2) is 0 Å². The maximum atomic E-state index is 6.17. The largest absolute Gasteiger partial charge is 0.371 e. The van der Waals surface area contributed by atoms with E-state index in [4.69, 9.17) is 5.73 Å². The lowest BCUT2D eigenvalue weighted by molar-refractivity contribution is 0.155. The summed E-state index contributed by atoms with van der Waals surface area (Å²) in [6, 6.07) is 10.7. The predicted molar refractivity (Wildman–Crippen MR) is 86.5 cm³/mol. The maximum Gasteiger partial charge on any atom is 0.191 e. The summed E-state index contributed by atoms with van der Waals surface area (Å²) in [7, 11) is 0. The maximum absolute atomic E-state index is 6.17. The standard InChI is InChI=1S/C17H24N4/c18-16-19-13-17(21(16)12-14-6-7-14)8-10-20(11-9-17)15-4-2-1-3-5-15/h1-5,14H,6-13H2,(H2,18,19). The quantitative estimate of drug-likeness (QED) is 0.924. The first-order chi connectivity index (χ1) is 10.3. The molecule has 4 heteroatoms. The number of hydrogen-bond donors (Lipinski definition) is 1. The van der Waals surface area contributed by atoms with Gasteiger partial charge in [0.25, 0.3) is 0 Å². The number of guanidine groups is 1. The van der Waals surface area contributed by atoms with Crippen molar-refractivity contribution in [2.45, 2.75) is 31.2 Å². The highest BCUT2D eigenvalue weighted by molar-refractivity contribution is 5.81. The third kappa shape index (κ3) is 2.37. The second-order valence-corrected chi connectivity index (χ2v) is 6.78. The molecular weight excluding hydrogens is 260 g/mol. The molecule has 0 atom stereocenters. The molecule has 112 valence electrons. The molecule has 1 spiro atoms. The fraction of sp³-hybridized carbons (Fsp3) is 0.588. The van der Waals surface area contributed by atoms with Crippen molar-refractivity contribution in [3.8, 4) is 0 Å². The number of piperidine rings is 1. The van der Waals surface area contributed by atoms with Crippen LogP contribution < -0.4 is 10.6 Å². The lowest BCUT2D eigenvalue weighted by atomic mass is 9.86. The first-order valence-corrected chi connectivity index (χ1v) is 8.14. The minimum atomic E-state index is 0.206. The highest BCUT2D eigenvalue weighted by Crippen LogP contribution is 2.38. The van der Waals surface area contributed by atoms with Crippen LogP contribution in [0.3, 0.4) is 0 Å². The molecule has 2 aliphatic heterocycles. The van der Waals surface area contributed by atoms with Crippen molar-refractivity contribution in [1.82, 2.24) is 4.90 Å². The molecule has 1 saturated heterocycles. The summed E-state index contributed by atoms with van der Waals surface area (Å²) in [5.41, 5.74) is 7.72. The molecule has 1 aromatic carbocycles. The number of nitrogens with two attached hydrogens (primary N) is 1. The number of nitrogens with zero attached hydrogens (tertiary/aromatic N) is 3. The molecule has 4 nitrogen and oxygen atoms in total. The molecule has 1 aromatic rings. The zero-order valence-electron chi connectivity index (χ0n) is 12.5. The Hall–Kier alpha value is -1.71. The molecule has 1 aliphatic carbocycles. The molecule has 0 radical (unpaired) electrons. The normalized spacial score (nSPS) is 24.5. The smallest absolute Gasteiger partial charge is 0.191 e. The molecule has 2 heterocycles. The zero-order chi connectivity index (χ0) is 14.3. The Balaban J connectivity index is 1.46. The molecule has 0 bridgehead atoms. The van der Waals surface area contributed by atoms with Crippen molar-refractivity contribution in [2.24, 2.45) is 16.6 Å². The Morgan fingerprint density at radius 1 is 1.14 bits per heavy atom. The van der Waals surface area contributed by atoms with Crippen LogP contribution >= 0.6 is 0 Å². The molecule has 21 heavy (non-hydrogen) atoms. The van der Waals surface area contributed by atoms with Crippen LogP contribution in [0.2, 0.25) is 0 Å². The summed E-state index contributed by atoms with van der Waals surface area (Å²) < 4.78 is 0. The van der Waals surface area contributed by atoms with E-state index in [0.29, 0.717) is 0 Å². The fourth-order valence-corrected chi connectivity index (χ4v) is 3.74. The predicted octanol–water partition coefficient (Wildman–Crippen LogP) is 2.07. The first-order valence-electron chi connectivity index (χ1n) is 8.14. The lowest BCUT2D eigenvalue weighted by Crippen LogP contribution is -2.57. The van der Waals surface area contributed by atoms with Crippen LogP contribution in [0.15, 0.2) is 35.3 Å². The van der Waals surface area contributed by atoms with Crippen molar-refractivity contribution in [3.63, 3.8) is 0 Å². The molecule has 0 unspecified atom stereocenters. The van der Waals surface area contributed by atoms with E-state index < -0.39 is 0 Å². The van der Waals surface area contributed by atoms with Gasteiger partial charge in [0.2, 0.25) is 0 Å². The van der Waals surface area contributed by atoms with Gasteiger partial charge in [0.1, 0.15) is 0 Å². The van der Waals surface area contributed by atoms with Crippen molar-refractivity contribution in [1.29, 1.82) is 0 Å². The van der Waals surface area contributed by atoms with E-state index in [2.05, 4.69) is 45.1 Å². The number of rotatable bonds is 3. The Bertz CT molecular complexity index is 527. The molecule has 4 rings (SSSR count). The summed E-state index contributed by atoms with van der Waals surface area (Å²) >= 11 is 0. The van der Waals surface area contributed by atoms with Gasteiger partial charge in [0, 0.05) is 25.3 Å². The number of para-hydroxylation sites is 1. The summed E-state index contributed by atoms with van der Waals surface area (Å²) in [5, 5.41) is 0. The van der Waals surface area contributed by atoms with E-state index in [-0.39, 0.29) is 5.54 Å². The Morgan fingerprint density at radius 2 is 1.86 bits per heavy atom. The van der Waals surface area contributed by atoms with Crippen LogP contribution in [0.25, 0.3) is 0 Å². The Kier molecular flexibility index (Phi) is 3.05. The Labute approximate surface area is 126 Å². The van der Waals surface area contributed by atoms with Gasteiger partial charge in [-0.15, -0.1) is 0 Å². The van der Waals surface area contributed by atoms with Crippen molar-refractivity contribution in [3.05, 3.63) is 30.3 Å². The van der Waals surface area contributed by atoms with Crippen LogP contribution in [0.5, 0.6) is 0 Å². The van der Waals surface area contributed by atoms with Gasteiger partial charge >= 0.3 is 0 Å². The number of aliphatic imine (C=N–C) groups is 1. The van der Waals surface area contributed by atoms with Gasteiger partial charge in [-0.05, 0) is 43.7 Å². The number of anilines is 1. The van der Waals surface area contributed by atoms with Crippen molar-refractivity contribution < 1.29 is 0 Å². The topological polar surface area (TPSA) is 44.9 Å². The number of hydrogen-bond acceptors (Lipinski definition) is 4. The van der Waals surface area contributed by atoms with Crippen LogP contribution in [-0.4, -0.2) is 42.6 Å². The van der Waals surface area contributed by atoms with E-state index in [0.717, 1.165) is 38.1 Å². The SMILES string of the molecule is NC1=NCC2(CCN(c3ccccc3)CC2)N1CC1CC1. The molecule has 2 N–H and O–H groups in total. The van der Waals surface area contributed by atoms with Crippen LogP contribution in [0.1, 0.15) is 25.7 Å². The monoisotopic (exact) mass is 284 g/mol. The van der Waals surface area contributed by atoms with Gasteiger partial charge in [0.15, 0.2) is 5.96 Å². The second-order valence-electron chi connectivity index (χ2n) is 6.78. The van der Waals surface area contributed by atoms with Crippen molar-refractivity contribution in [2.75, 3.05) is 31.1 Å². The van der Waals surface area contributed by atoms with Gasteiger partial charge in [-0.3, -0.25) is 4.99 Å². The zero-order valence-corrected chi connectivity index (χ0v) is 12.5. The highest BCUT2D eigenvalue weighted by Gasteiger charge is 2.45. The molecule has 0 aromatic heterocycles. The summed E-state index contributed by atoms with van der Waals surface area (Å²) in [4.78, 5) is 9.51. The molecule has 1 saturated carbocycles. The first kappa shape index (κ1) is 13.0. The van der Waals surface area contributed by atoms with Gasteiger partial charge in [-0.1, -0.05) is 18.2 Å². The molecule has 0 amide bonds. The lowest BCUT2D eigenvalue weighted by Gasteiger charge is -2.46. The minimum Gasteiger partial charge on any atom is -0.371 e. The van der Waals surface area contributed by atoms with Crippen LogP contribution in [0, 0.1) is 5.92 Å². The summed E-state index contributed by atoms with van der Waals surface area (Å²) in [6.45, 7) is 4.23. The average molecular weight is 284 g/mol. The van der Waals surface area contributed by atoms with E-state index in [1.54, 1.807) is 0 Å². The highest BCUT2D eigenvalue weighted by atomic mass is 15.4. The van der Waals surface area contributed by atoms with Crippen molar-refractivity contribution >= 4 is 11.6 Å². The van der Waals surface area contributed by atoms with Gasteiger partial charge < -0.3 is 15.5 Å². The molecule has 2 fully saturated rings. The molecular formula is C17H24N4. The number of benzene rings is 1. The average Bonchev–Trinajstić information content (AvgIpc) is 3.31. The van der Waals surface area contributed by atoms with E-state index in [1.807, 2.05) is 0 Å². The van der Waals surface area contributed by atoms with E-state index in [1.165, 1.54) is 31.4 Å². The van der Waals surface area contributed by atoms with Crippen LogP contribution in [-0.2, 0) is 0 Å². The third-order valence-electron chi connectivity index (χ3n) is 5.34. The fourth-order valence-electron chi connectivity index (χ4n) is 3.74. The molecule has 3 aliphatic rings. The second kappa shape index (κ2) is 4.93. The summed E-state index contributed by atoms with van der Waals surface area (Å²) in [6.07, 6.45) is 5.07. The van der Waals surface area contributed by atoms with Gasteiger partial charge in [-0.2, -0.15) is 0 Å².